The Labute approximate surface area is 175 Å². The zero-order valence-corrected chi connectivity index (χ0v) is 17.1. The Morgan fingerprint density at radius 3 is 2.63 bits per heavy atom. The monoisotopic (exact) mass is 442 g/mol. The largest absolute Gasteiger partial charge is 0.491 e. The van der Waals surface area contributed by atoms with Gasteiger partial charge in [-0.1, -0.05) is 0 Å². The Morgan fingerprint density at radius 1 is 1.20 bits per heavy atom. The number of anilines is 1. The molecule has 0 spiro atoms. The lowest BCUT2D eigenvalue weighted by molar-refractivity contribution is -0.0726. The summed E-state index contributed by atoms with van der Waals surface area (Å²) in [4.78, 5) is 6.08. The smallest absolute Gasteiger partial charge is 0.325 e. The summed E-state index contributed by atoms with van der Waals surface area (Å²) in [6.07, 6.45) is 4.84. The fraction of sp³-hybridized carbons (Fsp3) is 0.526. The highest BCUT2D eigenvalue weighted by Crippen LogP contribution is 2.23. The van der Waals surface area contributed by atoms with E-state index in [0.717, 1.165) is 11.4 Å². The molecule has 0 N–H and O–H groups in total. The Balaban J connectivity index is 1.20. The molecule has 1 aromatic carbocycles. The average Bonchev–Trinajstić information content (AvgIpc) is 3.45. The van der Waals surface area contributed by atoms with Gasteiger partial charge in [0.25, 0.3) is 0 Å². The van der Waals surface area contributed by atoms with Crippen molar-refractivity contribution in [2.24, 2.45) is 0 Å². The van der Waals surface area contributed by atoms with Crippen LogP contribution in [0.2, 0.25) is 0 Å². The van der Waals surface area contributed by atoms with Crippen LogP contribution in [-0.4, -0.2) is 75.6 Å². The number of ether oxygens (including phenoxy) is 3. The number of benzene rings is 1. The minimum atomic E-state index is -2.83. The Hall–Kier alpha value is -2.08. The minimum Gasteiger partial charge on any atom is -0.491 e. The van der Waals surface area contributed by atoms with Crippen LogP contribution in [0.4, 0.5) is 14.5 Å². The Kier molecular flexibility index (Phi) is 6.93. The first-order chi connectivity index (χ1) is 14.6. The molecular formula is C19H24F2N4O4S. The van der Waals surface area contributed by atoms with Crippen LogP contribution in [-0.2, 0) is 27.0 Å². The van der Waals surface area contributed by atoms with Gasteiger partial charge in [-0.3, -0.25) is 0 Å². The summed E-state index contributed by atoms with van der Waals surface area (Å²) < 4.78 is 57.2. The lowest BCUT2D eigenvalue weighted by Gasteiger charge is -2.34. The predicted octanol–water partition coefficient (Wildman–Crippen LogP) is 1.71. The maximum Gasteiger partial charge on any atom is 0.325 e. The Morgan fingerprint density at radius 2 is 1.97 bits per heavy atom. The number of imidazole rings is 1. The zero-order valence-electron chi connectivity index (χ0n) is 16.3. The van der Waals surface area contributed by atoms with Crippen LogP contribution in [0.15, 0.2) is 43.0 Å². The summed E-state index contributed by atoms with van der Waals surface area (Å²) in [6, 6.07) is 7.61. The van der Waals surface area contributed by atoms with Gasteiger partial charge in [0.15, 0.2) is 17.3 Å². The van der Waals surface area contributed by atoms with Crippen molar-refractivity contribution in [1.29, 1.82) is 0 Å². The molecule has 2 aromatic rings. The maximum atomic E-state index is 12.6. The molecule has 2 aliphatic rings. The van der Waals surface area contributed by atoms with Gasteiger partial charge in [-0.05, 0) is 24.3 Å². The molecule has 3 atom stereocenters. The van der Waals surface area contributed by atoms with Crippen molar-refractivity contribution >= 4 is 16.7 Å². The standard InChI is InChI=1S/C19H24F2N4O4S/c20-19(21)30(26)25-9-7-24(8-10-25)15-1-3-16(4-2-15)27-12-17-13-28-18(29-17)11-23-6-5-22-14-23/h1-6,14,17-19H,7-13H2. The van der Waals surface area contributed by atoms with Crippen LogP contribution in [0.3, 0.4) is 0 Å². The van der Waals surface area contributed by atoms with Crippen LogP contribution in [0.25, 0.3) is 0 Å². The molecule has 3 unspecified atom stereocenters. The molecule has 30 heavy (non-hydrogen) atoms. The summed E-state index contributed by atoms with van der Waals surface area (Å²) >= 11 is 0. The van der Waals surface area contributed by atoms with Gasteiger partial charge in [-0.2, -0.15) is 8.78 Å². The van der Waals surface area contributed by atoms with E-state index >= 15 is 0 Å². The maximum absolute atomic E-state index is 12.6. The summed E-state index contributed by atoms with van der Waals surface area (Å²) in [5.74, 6) is -2.11. The van der Waals surface area contributed by atoms with Crippen LogP contribution in [0.1, 0.15) is 0 Å². The van der Waals surface area contributed by atoms with Crippen LogP contribution >= 0.6 is 0 Å². The summed E-state index contributed by atoms with van der Waals surface area (Å²) in [5, 5.41) is 0. The second-order valence-corrected chi connectivity index (χ2v) is 8.46. The van der Waals surface area contributed by atoms with Crippen molar-refractivity contribution in [3.05, 3.63) is 43.0 Å². The quantitative estimate of drug-likeness (QED) is 0.620. The molecule has 1 aromatic heterocycles. The van der Waals surface area contributed by atoms with Crippen molar-refractivity contribution < 1.29 is 27.2 Å². The van der Waals surface area contributed by atoms with E-state index in [-0.39, 0.29) is 12.4 Å². The van der Waals surface area contributed by atoms with E-state index in [1.165, 1.54) is 4.31 Å². The molecule has 0 aliphatic carbocycles. The van der Waals surface area contributed by atoms with Gasteiger partial charge in [0, 0.05) is 44.3 Å². The fourth-order valence-corrected chi connectivity index (χ4v) is 4.19. The number of halogens is 2. The van der Waals surface area contributed by atoms with Crippen molar-refractivity contribution in [2.45, 2.75) is 24.7 Å². The van der Waals surface area contributed by atoms with Crippen LogP contribution in [0.5, 0.6) is 5.75 Å². The van der Waals surface area contributed by atoms with E-state index in [4.69, 9.17) is 14.2 Å². The fourth-order valence-electron chi connectivity index (χ4n) is 3.44. The van der Waals surface area contributed by atoms with Crippen molar-refractivity contribution in [2.75, 3.05) is 44.3 Å². The minimum absolute atomic E-state index is 0.137. The van der Waals surface area contributed by atoms with Gasteiger partial charge in [-0.25, -0.2) is 13.5 Å². The van der Waals surface area contributed by atoms with Gasteiger partial charge in [0.05, 0.1) is 19.5 Å². The highest BCUT2D eigenvalue weighted by Gasteiger charge is 2.28. The summed E-state index contributed by atoms with van der Waals surface area (Å²) in [6.45, 7) is 3.22. The first kappa shape index (κ1) is 21.2. The molecule has 0 bridgehead atoms. The zero-order chi connectivity index (χ0) is 20.9. The van der Waals surface area contributed by atoms with Gasteiger partial charge < -0.3 is 23.7 Å². The number of nitrogens with zero attached hydrogens (tertiary/aromatic N) is 4. The molecule has 164 valence electrons. The highest BCUT2D eigenvalue weighted by atomic mass is 32.2. The van der Waals surface area contributed by atoms with E-state index in [0.29, 0.717) is 45.9 Å². The third-order valence-corrected chi connectivity index (χ3v) is 6.19. The molecule has 0 amide bonds. The normalized spacial score (nSPS) is 23.8. The summed E-state index contributed by atoms with van der Waals surface area (Å²) in [5.41, 5.74) is 0.977. The average molecular weight is 442 g/mol. The van der Waals surface area contributed by atoms with E-state index in [9.17, 15) is 13.0 Å². The second kappa shape index (κ2) is 9.82. The molecule has 3 heterocycles. The van der Waals surface area contributed by atoms with Gasteiger partial charge in [0.1, 0.15) is 18.5 Å². The molecule has 2 saturated heterocycles. The molecular weight excluding hydrogens is 418 g/mol. The number of hydrogen-bond acceptors (Lipinski definition) is 6. The number of aromatic nitrogens is 2. The highest BCUT2D eigenvalue weighted by molar-refractivity contribution is 7.82. The van der Waals surface area contributed by atoms with E-state index in [1.54, 1.807) is 12.5 Å². The van der Waals surface area contributed by atoms with Crippen LogP contribution < -0.4 is 9.64 Å². The van der Waals surface area contributed by atoms with Gasteiger partial charge >= 0.3 is 5.76 Å². The van der Waals surface area contributed by atoms with Crippen molar-refractivity contribution in [3.8, 4) is 5.75 Å². The third kappa shape index (κ3) is 5.34. The topological polar surface area (TPSA) is 69.1 Å². The van der Waals surface area contributed by atoms with E-state index in [2.05, 4.69) is 9.88 Å². The van der Waals surface area contributed by atoms with Gasteiger partial charge in [-0.15, -0.1) is 0 Å². The number of alkyl halides is 2. The molecule has 4 rings (SSSR count). The first-order valence-corrected chi connectivity index (χ1v) is 10.9. The lowest BCUT2D eigenvalue weighted by Crippen LogP contribution is -2.48. The van der Waals surface area contributed by atoms with E-state index < -0.39 is 16.7 Å². The van der Waals surface area contributed by atoms with Crippen molar-refractivity contribution in [1.82, 2.24) is 13.9 Å². The predicted molar refractivity (Wildman–Crippen MR) is 107 cm³/mol. The number of piperazine rings is 1. The van der Waals surface area contributed by atoms with E-state index in [1.807, 2.05) is 35.0 Å². The molecule has 8 nitrogen and oxygen atoms in total. The van der Waals surface area contributed by atoms with Gasteiger partial charge in [0.2, 0.25) is 0 Å². The lowest BCUT2D eigenvalue weighted by atomic mass is 10.2. The van der Waals surface area contributed by atoms with Crippen LogP contribution in [0, 0.1) is 0 Å². The summed E-state index contributed by atoms with van der Waals surface area (Å²) in [7, 11) is -2.22. The molecule has 2 aliphatic heterocycles. The molecule has 2 fully saturated rings. The van der Waals surface area contributed by atoms with Crippen molar-refractivity contribution in [3.63, 3.8) is 0 Å². The molecule has 0 saturated carbocycles. The Bertz CT molecular complexity index is 816. The SMILES string of the molecule is O=S(C(F)F)N1CCN(c2ccc(OCC3COC(Cn4ccnc4)O3)cc2)CC1. The number of hydrogen-bond donors (Lipinski definition) is 0. The number of rotatable bonds is 8. The molecule has 11 heteroatoms. The second-order valence-electron chi connectivity index (χ2n) is 7.04. The third-order valence-electron chi connectivity index (χ3n) is 5.01. The molecule has 0 radical (unpaired) electrons. The first-order valence-electron chi connectivity index (χ1n) is 9.73.